The summed E-state index contributed by atoms with van der Waals surface area (Å²) in [6.45, 7) is 2.13. The Hall–Kier alpha value is -1.32. The van der Waals surface area contributed by atoms with Gasteiger partial charge >= 0.3 is 0 Å². The van der Waals surface area contributed by atoms with Crippen molar-refractivity contribution in [1.82, 2.24) is 4.98 Å². The van der Waals surface area contributed by atoms with E-state index in [2.05, 4.69) is 23.4 Å². The first kappa shape index (κ1) is 11.2. The molecule has 0 amide bonds. The number of pyridine rings is 1. The molecule has 1 heterocycles. The molecule has 0 saturated carbocycles. The minimum Gasteiger partial charge on any atom is -0.308 e. The topological polar surface area (TPSA) is 50.9 Å². The molecule has 0 bridgehead atoms. The zero-order chi connectivity index (χ0) is 11.5. The monoisotopic (exact) mass is 235 g/mol. The van der Waals surface area contributed by atoms with Gasteiger partial charge in [-0.25, -0.2) is 10.8 Å². The van der Waals surface area contributed by atoms with E-state index in [9.17, 15) is 0 Å². The fraction of sp³-hybridized carbons (Fsp3) is 0.250. The number of nitrogens with two attached hydrogens (primary N) is 1. The van der Waals surface area contributed by atoms with E-state index in [0.717, 1.165) is 35.1 Å². The van der Waals surface area contributed by atoms with Crippen LogP contribution in [-0.2, 0) is 6.42 Å². The van der Waals surface area contributed by atoms with Crippen molar-refractivity contribution in [3.63, 3.8) is 0 Å². The number of fused-ring (bicyclic) bond motifs is 1. The molecule has 0 aliphatic carbocycles. The normalized spacial score (nSPS) is 10.7. The minimum absolute atomic E-state index is 0.686. The van der Waals surface area contributed by atoms with Crippen LogP contribution in [0.3, 0.4) is 0 Å². The van der Waals surface area contributed by atoms with Crippen molar-refractivity contribution in [3.8, 4) is 0 Å². The minimum atomic E-state index is 0.686. The van der Waals surface area contributed by atoms with Gasteiger partial charge in [0.2, 0.25) is 0 Å². The molecule has 4 heteroatoms. The van der Waals surface area contributed by atoms with Gasteiger partial charge in [0.25, 0.3) is 0 Å². The molecule has 1 aromatic heterocycles. The number of aromatic nitrogens is 1. The zero-order valence-electron chi connectivity index (χ0n) is 9.13. The Bertz CT molecular complexity index is 511. The number of rotatable bonds is 3. The van der Waals surface area contributed by atoms with Crippen LogP contribution in [0.1, 0.15) is 18.9 Å². The summed E-state index contributed by atoms with van der Waals surface area (Å²) in [5.74, 6) is 6.20. The van der Waals surface area contributed by atoms with E-state index in [1.165, 1.54) is 0 Å². The average molecular weight is 236 g/mol. The van der Waals surface area contributed by atoms with Crippen molar-refractivity contribution < 1.29 is 0 Å². The van der Waals surface area contributed by atoms with Gasteiger partial charge in [0.05, 0.1) is 5.52 Å². The number of hydrazine groups is 1. The number of nitrogens with zero attached hydrogens (tertiary/aromatic N) is 1. The number of hydrogen-bond acceptors (Lipinski definition) is 3. The van der Waals surface area contributed by atoms with Crippen molar-refractivity contribution in [2.75, 3.05) is 5.43 Å². The maximum Gasteiger partial charge on any atom is 0.143 e. The van der Waals surface area contributed by atoms with Crippen molar-refractivity contribution >= 4 is 28.3 Å². The summed E-state index contributed by atoms with van der Waals surface area (Å²) in [5, 5.41) is 1.78. The van der Waals surface area contributed by atoms with Crippen LogP contribution in [0.2, 0.25) is 5.02 Å². The molecule has 0 radical (unpaired) electrons. The number of nitrogens with one attached hydrogen (secondary N) is 1. The molecule has 0 spiro atoms. The number of halogens is 1. The van der Waals surface area contributed by atoms with Gasteiger partial charge in [0, 0.05) is 10.4 Å². The van der Waals surface area contributed by atoms with E-state index < -0.39 is 0 Å². The third kappa shape index (κ3) is 2.10. The molecular weight excluding hydrogens is 222 g/mol. The number of nitrogen functional groups attached to an aromatic ring is 1. The smallest absolute Gasteiger partial charge is 0.143 e. The lowest BCUT2D eigenvalue weighted by molar-refractivity contribution is 0.917. The second kappa shape index (κ2) is 4.68. The van der Waals surface area contributed by atoms with Crippen LogP contribution in [-0.4, -0.2) is 4.98 Å². The van der Waals surface area contributed by atoms with Crippen LogP contribution in [0, 0.1) is 0 Å². The third-order valence-corrected chi connectivity index (χ3v) is 2.75. The highest BCUT2D eigenvalue weighted by Gasteiger charge is 2.05. The van der Waals surface area contributed by atoms with E-state index in [-0.39, 0.29) is 0 Å². The molecule has 1 aromatic carbocycles. The molecule has 84 valence electrons. The maximum atomic E-state index is 5.92. The second-order valence-corrected chi connectivity index (χ2v) is 4.16. The molecule has 0 atom stereocenters. The number of anilines is 1. The SMILES string of the molecule is CCCc1cc2ccc(Cl)cc2nc1NN. The summed E-state index contributed by atoms with van der Waals surface area (Å²) < 4.78 is 0. The van der Waals surface area contributed by atoms with Gasteiger partial charge in [0.1, 0.15) is 5.82 Å². The first-order chi connectivity index (χ1) is 7.74. The standard InChI is InChI=1S/C12H14ClN3/c1-2-3-9-6-8-4-5-10(13)7-11(8)15-12(9)16-14/h4-7H,2-3,14H2,1H3,(H,15,16). The van der Waals surface area contributed by atoms with Crippen molar-refractivity contribution in [3.05, 3.63) is 34.9 Å². The third-order valence-electron chi connectivity index (χ3n) is 2.51. The molecular formula is C12H14ClN3. The van der Waals surface area contributed by atoms with E-state index in [1.807, 2.05) is 18.2 Å². The first-order valence-electron chi connectivity index (χ1n) is 5.30. The highest BCUT2D eigenvalue weighted by atomic mass is 35.5. The number of hydrogen-bond donors (Lipinski definition) is 2. The lowest BCUT2D eigenvalue weighted by Gasteiger charge is -2.09. The van der Waals surface area contributed by atoms with Gasteiger partial charge in [-0.3, -0.25) is 0 Å². The predicted molar refractivity (Wildman–Crippen MR) is 68.6 cm³/mol. The van der Waals surface area contributed by atoms with Crippen LogP contribution < -0.4 is 11.3 Å². The molecule has 3 nitrogen and oxygen atoms in total. The summed E-state index contributed by atoms with van der Waals surface area (Å²) in [7, 11) is 0. The van der Waals surface area contributed by atoms with Crippen molar-refractivity contribution in [2.24, 2.45) is 5.84 Å². The average Bonchev–Trinajstić information content (AvgIpc) is 2.29. The molecule has 0 unspecified atom stereocenters. The van der Waals surface area contributed by atoms with Gasteiger partial charge in [0.15, 0.2) is 0 Å². The van der Waals surface area contributed by atoms with E-state index >= 15 is 0 Å². The molecule has 16 heavy (non-hydrogen) atoms. The molecule has 0 aliphatic rings. The van der Waals surface area contributed by atoms with Gasteiger partial charge in [-0.2, -0.15) is 0 Å². The fourth-order valence-corrected chi connectivity index (χ4v) is 1.94. The van der Waals surface area contributed by atoms with Crippen LogP contribution in [0.4, 0.5) is 5.82 Å². The highest BCUT2D eigenvalue weighted by molar-refractivity contribution is 6.31. The van der Waals surface area contributed by atoms with Crippen LogP contribution >= 0.6 is 11.6 Å². The largest absolute Gasteiger partial charge is 0.308 e. The van der Waals surface area contributed by atoms with E-state index in [0.29, 0.717) is 5.02 Å². The van der Waals surface area contributed by atoms with Gasteiger partial charge in [-0.15, -0.1) is 0 Å². The maximum absolute atomic E-state index is 5.92. The lowest BCUT2D eigenvalue weighted by atomic mass is 10.1. The summed E-state index contributed by atoms with van der Waals surface area (Å²) in [4.78, 5) is 4.45. The Morgan fingerprint density at radius 3 is 2.88 bits per heavy atom. The fourth-order valence-electron chi connectivity index (χ4n) is 1.77. The molecule has 0 fully saturated rings. The van der Waals surface area contributed by atoms with Gasteiger partial charge in [-0.1, -0.05) is 31.0 Å². The molecule has 2 aromatic rings. The van der Waals surface area contributed by atoms with Crippen molar-refractivity contribution in [2.45, 2.75) is 19.8 Å². The second-order valence-electron chi connectivity index (χ2n) is 3.73. The Morgan fingerprint density at radius 1 is 1.38 bits per heavy atom. The van der Waals surface area contributed by atoms with E-state index in [1.54, 1.807) is 0 Å². The Kier molecular flexibility index (Phi) is 3.27. The van der Waals surface area contributed by atoms with Crippen LogP contribution in [0.5, 0.6) is 0 Å². The molecule has 2 rings (SSSR count). The van der Waals surface area contributed by atoms with E-state index in [4.69, 9.17) is 17.4 Å². The summed E-state index contributed by atoms with van der Waals surface area (Å²) in [6.07, 6.45) is 2.03. The number of benzene rings is 1. The van der Waals surface area contributed by atoms with Crippen LogP contribution in [0.15, 0.2) is 24.3 Å². The summed E-state index contributed by atoms with van der Waals surface area (Å²) in [6, 6.07) is 7.80. The number of aryl methyl sites for hydroxylation is 1. The summed E-state index contributed by atoms with van der Waals surface area (Å²) in [5.41, 5.74) is 4.64. The Morgan fingerprint density at radius 2 is 2.19 bits per heavy atom. The molecule has 0 saturated heterocycles. The Labute approximate surface area is 99.6 Å². The molecule has 3 N–H and O–H groups in total. The van der Waals surface area contributed by atoms with Crippen LogP contribution in [0.25, 0.3) is 10.9 Å². The lowest BCUT2D eigenvalue weighted by Crippen LogP contribution is -2.11. The van der Waals surface area contributed by atoms with Crippen molar-refractivity contribution in [1.29, 1.82) is 0 Å². The Balaban J connectivity index is 2.60. The highest BCUT2D eigenvalue weighted by Crippen LogP contribution is 2.23. The zero-order valence-corrected chi connectivity index (χ0v) is 9.88. The summed E-state index contributed by atoms with van der Waals surface area (Å²) >= 11 is 5.92. The molecule has 0 aliphatic heterocycles. The quantitative estimate of drug-likeness (QED) is 0.635. The van der Waals surface area contributed by atoms with Gasteiger partial charge < -0.3 is 5.43 Å². The predicted octanol–water partition coefficient (Wildman–Crippen LogP) is 3.13. The first-order valence-corrected chi connectivity index (χ1v) is 5.68. The van der Waals surface area contributed by atoms with Gasteiger partial charge in [-0.05, 0) is 30.2 Å².